The molecule has 2 aromatic rings. The van der Waals surface area contributed by atoms with Crippen LogP contribution in [0.3, 0.4) is 0 Å². The van der Waals surface area contributed by atoms with Crippen LogP contribution in [0.1, 0.15) is 48.2 Å². The minimum Gasteiger partial charge on any atom is -0.338 e. The van der Waals surface area contributed by atoms with Gasteiger partial charge in [-0.15, -0.1) is 0 Å². The van der Waals surface area contributed by atoms with Gasteiger partial charge in [0, 0.05) is 31.5 Å². The number of nitrogens with zero attached hydrogens (tertiary/aromatic N) is 5. The highest BCUT2D eigenvalue weighted by atomic mass is 16.2. The zero-order chi connectivity index (χ0) is 16.5. The molecule has 2 aliphatic rings. The number of carbonyl (C=O) groups is 1. The Hall–Kier alpha value is -1.95. The molecule has 4 heterocycles. The molecule has 2 aliphatic heterocycles. The molecule has 6 nitrogen and oxygen atoms in total. The fraction of sp³-hybridized carbons (Fsp3) is 0.611. The summed E-state index contributed by atoms with van der Waals surface area (Å²) >= 11 is 0. The number of hydrogen-bond acceptors (Lipinski definition) is 4. The van der Waals surface area contributed by atoms with Crippen LogP contribution in [0.5, 0.6) is 0 Å². The number of fused-ring (bicyclic) bond motifs is 1. The molecule has 0 unspecified atom stereocenters. The number of amides is 1. The Morgan fingerprint density at radius 1 is 1.12 bits per heavy atom. The fourth-order valence-corrected chi connectivity index (χ4v) is 4.12. The van der Waals surface area contributed by atoms with E-state index in [1.54, 1.807) is 10.7 Å². The minimum atomic E-state index is 0.0818. The molecule has 0 radical (unpaired) electrons. The standard InChI is InChI=1S/C18H25N5O/c1-14-16(17-19-8-5-11-23(17)20-14)18(24)22-12-6-15(7-13-22)21-9-3-2-4-10-21/h5,8,11,15H,2-4,6-7,9-10,12-13H2,1H3. The molecule has 1 amide bonds. The molecule has 0 spiro atoms. The van der Waals surface area contributed by atoms with Gasteiger partial charge < -0.3 is 9.80 Å². The third-order valence-corrected chi connectivity index (χ3v) is 5.44. The smallest absolute Gasteiger partial charge is 0.259 e. The molecule has 0 atom stereocenters. The van der Waals surface area contributed by atoms with Crippen LogP contribution in [0.15, 0.2) is 18.5 Å². The van der Waals surface area contributed by atoms with E-state index < -0.39 is 0 Å². The van der Waals surface area contributed by atoms with Crippen molar-refractivity contribution in [1.29, 1.82) is 0 Å². The van der Waals surface area contributed by atoms with Gasteiger partial charge in [0.25, 0.3) is 5.91 Å². The molecule has 4 rings (SSSR count). The van der Waals surface area contributed by atoms with Crippen LogP contribution in [0.4, 0.5) is 0 Å². The van der Waals surface area contributed by atoms with E-state index in [1.165, 1.54) is 32.4 Å². The maximum atomic E-state index is 13.0. The fourth-order valence-electron chi connectivity index (χ4n) is 4.12. The van der Waals surface area contributed by atoms with Crippen molar-refractivity contribution in [1.82, 2.24) is 24.4 Å². The zero-order valence-corrected chi connectivity index (χ0v) is 14.3. The normalized spacial score (nSPS) is 20.6. The van der Waals surface area contributed by atoms with Crippen molar-refractivity contribution in [3.63, 3.8) is 0 Å². The van der Waals surface area contributed by atoms with E-state index in [9.17, 15) is 4.79 Å². The van der Waals surface area contributed by atoms with Gasteiger partial charge in [0.2, 0.25) is 0 Å². The van der Waals surface area contributed by atoms with Crippen molar-refractivity contribution >= 4 is 11.6 Å². The summed E-state index contributed by atoms with van der Waals surface area (Å²) in [4.78, 5) is 22.0. The predicted molar refractivity (Wildman–Crippen MR) is 92.1 cm³/mol. The highest BCUT2D eigenvalue weighted by Gasteiger charge is 2.30. The van der Waals surface area contributed by atoms with Gasteiger partial charge in [-0.3, -0.25) is 4.79 Å². The van der Waals surface area contributed by atoms with E-state index in [1.807, 2.05) is 24.1 Å². The van der Waals surface area contributed by atoms with Crippen LogP contribution >= 0.6 is 0 Å². The van der Waals surface area contributed by atoms with Crippen molar-refractivity contribution < 1.29 is 4.79 Å². The largest absolute Gasteiger partial charge is 0.338 e. The van der Waals surface area contributed by atoms with E-state index in [0.29, 0.717) is 17.3 Å². The maximum absolute atomic E-state index is 13.0. The molecule has 128 valence electrons. The summed E-state index contributed by atoms with van der Waals surface area (Å²) in [6, 6.07) is 2.48. The van der Waals surface area contributed by atoms with Gasteiger partial charge in [-0.05, 0) is 51.8 Å². The van der Waals surface area contributed by atoms with Gasteiger partial charge in [-0.2, -0.15) is 5.10 Å². The highest BCUT2D eigenvalue weighted by molar-refractivity contribution is 6.01. The number of piperidine rings is 2. The SMILES string of the molecule is Cc1nn2cccnc2c1C(=O)N1CCC(N2CCCCC2)CC1. The Morgan fingerprint density at radius 3 is 2.62 bits per heavy atom. The third-order valence-electron chi connectivity index (χ3n) is 5.44. The topological polar surface area (TPSA) is 53.7 Å². The Labute approximate surface area is 142 Å². The second kappa shape index (κ2) is 6.51. The monoisotopic (exact) mass is 327 g/mol. The van der Waals surface area contributed by atoms with Crippen LogP contribution in [-0.4, -0.2) is 62.5 Å². The molecule has 0 aromatic carbocycles. The lowest BCUT2D eigenvalue weighted by Gasteiger charge is -2.40. The Morgan fingerprint density at radius 2 is 1.88 bits per heavy atom. The maximum Gasteiger partial charge on any atom is 0.259 e. The Bertz CT molecular complexity index is 726. The van der Waals surface area contributed by atoms with Gasteiger partial charge in [-0.25, -0.2) is 9.50 Å². The van der Waals surface area contributed by atoms with Crippen molar-refractivity contribution in [3.8, 4) is 0 Å². The first-order valence-corrected chi connectivity index (χ1v) is 9.07. The summed E-state index contributed by atoms with van der Waals surface area (Å²) in [5.74, 6) is 0.0818. The number of likely N-dealkylation sites (tertiary alicyclic amines) is 2. The lowest BCUT2D eigenvalue weighted by molar-refractivity contribution is 0.0591. The number of aryl methyl sites for hydroxylation is 1. The molecule has 0 N–H and O–H groups in total. The molecular weight excluding hydrogens is 302 g/mol. The summed E-state index contributed by atoms with van der Waals surface area (Å²) in [6.45, 7) is 6.03. The van der Waals surface area contributed by atoms with Gasteiger partial charge in [0.1, 0.15) is 5.56 Å². The summed E-state index contributed by atoms with van der Waals surface area (Å²) < 4.78 is 1.70. The van der Waals surface area contributed by atoms with Crippen LogP contribution in [0.2, 0.25) is 0 Å². The molecular formula is C18H25N5O. The molecule has 24 heavy (non-hydrogen) atoms. The first kappa shape index (κ1) is 15.6. The first-order chi connectivity index (χ1) is 11.7. The molecule has 0 saturated carbocycles. The summed E-state index contributed by atoms with van der Waals surface area (Å²) in [6.07, 6.45) is 9.74. The lowest BCUT2D eigenvalue weighted by atomic mass is 9.99. The number of rotatable bonds is 2. The van der Waals surface area contributed by atoms with Crippen molar-refractivity contribution in [3.05, 3.63) is 29.7 Å². The highest BCUT2D eigenvalue weighted by Crippen LogP contribution is 2.23. The molecule has 0 aliphatic carbocycles. The van der Waals surface area contributed by atoms with Crippen LogP contribution in [-0.2, 0) is 0 Å². The summed E-state index contributed by atoms with van der Waals surface area (Å²) in [5, 5.41) is 4.42. The Kier molecular flexibility index (Phi) is 4.22. The van der Waals surface area contributed by atoms with Gasteiger partial charge in [0.15, 0.2) is 5.65 Å². The van der Waals surface area contributed by atoms with Crippen molar-refractivity contribution in [2.75, 3.05) is 26.2 Å². The lowest BCUT2D eigenvalue weighted by Crippen LogP contribution is -2.48. The van der Waals surface area contributed by atoms with Gasteiger partial charge in [0.05, 0.1) is 5.69 Å². The minimum absolute atomic E-state index is 0.0818. The average molecular weight is 327 g/mol. The van der Waals surface area contributed by atoms with Crippen LogP contribution in [0.25, 0.3) is 5.65 Å². The Balaban J connectivity index is 1.47. The average Bonchev–Trinajstić information content (AvgIpc) is 2.98. The van der Waals surface area contributed by atoms with E-state index in [2.05, 4.69) is 15.0 Å². The van der Waals surface area contributed by atoms with Crippen LogP contribution in [0, 0.1) is 6.92 Å². The van der Waals surface area contributed by atoms with Crippen molar-refractivity contribution in [2.24, 2.45) is 0 Å². The molecule has 2 fully saturated rings. The third kappa shape index (κ3) is 2.79. The summed E-state index contributed by atoms with van der Waals surface area (Å²) in [5.41, 5.74) is 2.09. The summed E-state index contributed by atoms with van der Waals surface area (Å²) in [7, 11) is 0. The van der Waals surface area contributed by atoms with E-state index in [0.717, 1.165) is 31.6 Å². The quantitative estimate of drug-likeness (QED) is 0.848. The van der Waals surface area contributed by atoms with E-state index >= 15 is 0 Å². The second-order valence-electron chi connectivity index (χ2n) is 6.97. The predicted octanol–water partition coefficient (Wildman–Crippen LogP) is 2.13. The first-order valence-electron chi connectivity index (χ1n) is 9.07. The molecule has 6 heteroatoms. The zero-order valence-electron chi connectivity index (χ0n) is 14.3. The van der Waals surface area contributed by atoms with Crippen LogP contribution < -0.4 is 0 Å². The molecule has 2 saturated heterocycles. The molecule has 2 aromatic heterocycles. The van der Waals surface area contributed by atoms with Crippen molar-refractivity contribution in [2.45, 2.75) is 45.1 Å². The molecule has 0 bridgehead atoms. The van der Waals surface area contributed by atoms with Gasteiger partial charge >= 0.3 is 0 Å². The second-order valence-corrected chi connectivity index (χ2v) is 6.97. The van der Waals surface area contributed by atoms with E-state index in [4.69, 9.17) is 0 Å². The van der Waals surface area contributed by atoms with E-state index in [-0.39, 0.29) is 5.91 Å². The number of hydrogen-bond donors (Lipinski definition) is 0. The number of aromatic nitrogens is 3. The number of carbonyl (C=O) groups excluding carboxylic acids is 1. The van der Waals surface area contributed by atoms with Gasteiger partial charge in [-0.1, -0.05) is 6.42 Å².